The molecular formula is C22H24FN3O3S. The van der Waals surface area contributed by atoms with Crippen molar-refractivity contribution in [1.82, 2.24) is 14.8 Å². The average molecular weight is 430 g/mol. The molecule has 0 radical (unpaired) electrons. The summed E-state index contributed by atoms with van der Waals surface area (Å²) in [5, 5.41) is 9.67. The fourth-order valence-corrected chi connectivity index (χ4v) is 4.30. The van der Waals surface area contributed by atoms with Gasteiger partial charge in [-0.2, -0.15) is 0 Å². The molecule has 2 aromatic carbocycles. The van der Waals surface area contributed by atoms with Crippen LogP contribution in [-0.4, -0.2) is 28.7 Å². The third kappa shape index (κ3) is 4.44. The molecule has 30 heavy (non-hydrogen) atoms. The van der Waals surface area contributed by atoms with E-state index in [1.165, 1.54) is 23.9 Å². The molecule has 0 unspecified atom stereocenters. The predicted molar refractivity (Wildman–Crippen MR) is 113 cm³/mol. The van der Waals surface area contributed by atoms with E-state index in [-0.39, 0.29) is 12.6 Å². The first kappa shape index (κ1) is 20.7. The molecule has 0 fully saturated rings. The maximum Gasteiger partial charge on any atom is 0.191 e. The number of nitrogens with zero attached hydrogens (tertiary/aromatic N) is 3. The molecule has 4 rings (SSSR count). The van der Waals surface area contributed by atoms with Crippen LogP contribution in [0.1, 0.15) is 30.9 Å². The van der Waals surface area contributed by atoms with Crippen LogP contribution in [0.5, 0.6) is 11.5 Å². The number of hydrogen-bond donors (Lipinski definition) is 0. The largest absolute Gasteiger partial charge is 0.497 e. The number of ether oxygens (including phenoxy) is 3. The molecule has 0 aliphatic carbocycles. The fraction of sp³-hybridized carbons (Fsp3) is 0.364. The number of rotatable bonds is 8. The van der Waals surface area contributed by atoms with Crippen molar-refractivity contribution in [3.05, 3.63) is 53.3 Å². The lowest BCUT2D eigenvalue weighted by molar-refractivity contribution is -0.0171. The molecule has 0 saturated carbocycles. The quantitative estimate of drug-likeness (QED) is 0.467. The van der Waals surface area contributed by atoms with Crippen LogP contribution in [0.3, 0.4) is 0 Å². The molecular weight excluding hydrogens is 405 g/mol. The van der Waals surface area contributed by atoms with Gasteiger partial charge in [-0.05, 0) is 42.8 Å². The maximum atomic E-state index is 14.1. The molecule has 0 N–H and O–H groups in total. The van der Waals surface area contributed by atoms with E-state index < -0.39 is 0 Å². The Labute approximate surface area is 179 Å². The van der Waals surface area contributed by atoms with Crippen LogP contribution in [0.4, 0.5) is 4.39 Å². The monoisotopic (exact) mass is 429 g/mol. The number of fused-ring (bicyclic) bond motifs is 1. The summed E-state index contributed by atoms with van der Waals surface area (Å²) in [5.74, 6) is 2.58. The summed E-state index contributed by atoms with van der Waals surface area (Å²) in [4.78, 5) is 0. The Kier molecular flexibility index (Phi) is 6.54. The SMILES string of the molecule is CCCCn1c(SCc2cc(F)cc3c2OCOC3)nnc1-c1ccc(OC)cc1. The molecule has 0 amide bonds. The number of hydrogen-bond acceptors (Lipinski definition) is 6. The van der Waals surface area contributed by atoms with Crippen LogP contribution >= 0.6 is 11.8 Å². The maximum absolute atomic E-state index is 14.1. The number of methoxy groups -OCH3 is 1. The summed E-state index contributed by atoms with van der Waals surface area (Å²) >= 11 is 1.53. The smallest absolute Gasteiger partial charge is 0.191 e. The Morgan fingerprint density at radius 1 is 1.20 bits per heavy atom. The van der Waals surface area contributed by atoms with Gasteiger partial charge >= 0.3 is 0 Å². The zero-order valence-corrected chi connectivity index (χ0v) is 17.9. The van der Waals surface area contributed by atoms with Crippen molar-refractivity contribution in [3.8, 4) is 22.9 Å². The van der Waals surface area contributed by atoms with Gasteiger partial charge in [-0.15, -0.1) is 10.2 Å². The van der Waals surface area contributed by atoms with Gasteiger partial charge in [0, 0.05) is 29.0 Å². The average Bonchev–Trinajstić information content (AvgIpc) is 3.18. The van der Waals surface area contributed by atoms with Crippen molar-refractivity contribution in [1.29, 1.82) is 0 Å². The van der Waals surface area contributed by atoms with Gasteiger partial charge in [0.15, 0.2) is 17.8 Å². The molecule has 2 heterocycles. The van der Waals surface area contributed by atoms with E-state index in [1.54, 1.807) is 7.11 Å². The van der Waals surface area contributed by atoms with Crippen LogP contribution in [0.25, 0.3) is 11.4 Å². The molecule has 0 saturated heterocycles. The summed E-state index contributed by atoms with van der Waals surface area (Å²) in [5.41, 5.74) is 2.52. The lowest BCUT2D eigenvalue weighted by Crippen LogP contribution is -2.13. The molecule has 1 aliphatic heterocycles. The van der Waals surface area contributed by atoms with Gasteiger partial charge in [-0.25, -0.2) is 4.39 Å². The molecule has 0 atom stereocenters. The second-order valence-corrected chi connectivity index (χ2v) is 7.93. The van der Waals surface area contributed by atoms with E-state index in [1.807, 2.05) is 24.3 Å². The van der Waals surface area contributed by atoms with Gasteiger partial charge in [0.05, 0.1) is 13.7 Å². The first-order valence-electron chi connectivity index (χ1n) is 9.92. The normalized spacial score (nSPS) is 13.0. The Bertz CT molecular complexity index is 1010. The minimum absolute atomic E-state index is 0.185. The van der Waals surface area contributed by atoms with Gasteiger partial charge in [0.25, 0.3) is 0 Å². The van der Waals surface area contributed by atoms with Crippen LogP contribution < -0.4 is 9.47 Å². The molecule has 3 aromatic rings. The van der Waals surface area contributed by atoms with E-state index >= 15 is 0 Å². The van der Waals surface area contributed by atoms with Gasteiger partial charge < -0.3 is 18.8 Å². The summed E-state index contributed by atoms with van der Waals surface area (Å²) in [6.45, 7) is 3.52. The Morgan fingerprint density at radius 3 is 2.80 bits per heavy atom. The second-order valence-electron chi connectivity index (χ2n) is 6.99. The van der Waals surface area contributed by atoms with Gasteiger partial charge in [-0.3, -0.25) is 0 Å². The zero-order chi connectivity index (χ0) is 20.9. The number of unbranched alkanes of at least 4 members (excludes halogenated alkanes) is 1. The van der Waals surface area contributed by atoms with Gasteiger partial charge in [0.1, 0.15) is 17.3 Å². The van der Waals surface area contributed by atoms with E-state index in [9.17, 15) is 4.39 Å². The van der Waals surface area contributed by atoms with Crippen LogP contribution in [0.2, 0.25) is 0 Å². The first-order valence-corrected chi connectivity index (χ1v) is 10.9. The van der Waals surface area contributed by atoms with E-state index in [2.05, 4.69) is 21.7 Å². The topological polar surface area (TPSA) is 58.4 Å². The molecule has 0 spiro atoms. The first-order chi connectivity index (χ1) is 14.7. The number of benzene rings is 2. The predicted octanol–water partition coefficient (Wildman–Crippen LogP) is 5.05. The minimum atomic E-state index is -0.287. The minimum Gasteiger partial charge on any atom is -0.497 e. The van der Waals surface area contributed by atoms with Crippen LogP contribution in [0.15, 0.2) is 41.6 Å². The van der Waals surface area contributed by atoms with Gasteiger partial charge in [0.2, 0.25) is 0 Å². The van der Waals surface area contributed by atoms with E-state index in [4.69, 9.17) is 14.2 Å². The lowest BCUT2D eigenvalue weighted by atomic mass is 10.1. The fourth-order valence-electron chi connectivity index (χ4n) is 3.37. The highest BCUT2D eigenvalue weighted by Crippen LogP contribution is 2.34. The second kappa shape index (κ2) is 9.49. The highest BCUT2D eigenvalue weighted by molar-refractivity contribution is 7.98. The number of halogens is 1. The highest BCUT2D eigenvalue weighted by Gasteiger charge is 2.19. The van der Waals surface area contributed by atoms with Crippen LogP contribution in [-0.2, 0) is 23.6 Å². The standard InChI is InChI=1S/C22H24FN3O3S/c1-3-4-9-26-21(15-5-7-19(27-2)8-6-15)24-25-22(26)30-13-17-11-18(23)10-16-12-28-14-29-20(16)17/h5-8,10-11H,3-4,9,12-14H2,1-2H3. The third-order valence-corrected chi connectivity index (χ3v) is 5.92. The van der Waals surface area contributed by atoms with Crippen molar-refractivity contribution in [3.63, 3.8) is 0 Å². The molecule has 6 nitrogen and oxygen atoms in total. The molecule has 0 bridgehead atoms. The summed E-state index contributed by atoms with van der Waals surface area (Å²) < 4.78 is 32.3. The van der Waals surface area contributed by atoms with Crippen LogP contribution in [0, 0.1) is 5.82 Å². The zero-order valence-electron chi connectivity index (χ0n) is 17.1. The van der Waals surface area contributed by atoms with Crippen molar-refractivity contribution in [2.75, 3.05) is 13.9 Å². The molecule has 1 aromatic heterocycles. The Balaban J connectivity index is 1.60. The molecule has 8 heteroatoms. The summed E-state index contributed by atoms with van der Waals surface area (Å²) in [6.07, 6.45) is 2.08. The van der Waals surface area contributed by atoms with E-state index in [0.717, 1.165) is 52.8 Å². The third-order valence-electron chi connectivity index (χ3n) is 4.91. The lowest BCUT2D eigenvalue weighted by Gasteiger charge is -2.20. The highest BCUT2D eigenvalue weighted by atomic mass is 32.2. The summed E-state index contributed by atoms with van der Waals surface area (Å²) in [7, 11) is 1.65. The Hall–Kier alpha value is -2.58. The van der Waals surface area contributed by atoms with Crippen molar-refractivity contribution >= 4 is 11.8 Å². The van der Waals surface area contributed by atoms with Gasteiger partial charge in [-0.1, -0.05) is 25.1 Å². The van der Waals surface area contributed by atoms with E-state index in [0.29, 0.717) is 18.1 Å². The number of thioether (sulfide) groups is 1. The molecule has 158 valence electrons. The Morgan fingerprint density at radius 2 is 2.03 bits per heavy atom. The summed E-state index contributed by atoms with van der Waals surface area (Å²) in [6, 6.07) is 10.8. The van der Waals surface area contributed by atoms with Crippen molar-refractivity contribution in [2.24, 2.45) is 0 Å². The van der Waals surface area contributed by atoms with Crippen molar-refractivity contribution < 1.29 is 18.6 Å². The van der Waals surface area contributed by atoms with Crippen molar-refractivity contribution in [2.45, 2.75) is 43.8 Å². The number of aromatic nitrogens is 3. The molecule has 1 aliphatic rings.